The van der Waals surface area contributed by atoms with Gasteiger partial charge < -0.3 is 19.5 Å². The van der Waals surface area contributed by atoms with Crippen LogP contribution in [0, 0.1) is 6.92 Å². The van der Waals surface area contributed by atoms with Crippen molar-refractivity contribution in [2.45, 2.75) is 31.6 Å². The number of benzene rings is 2. The number of ether oxygens (including phenoxy) is 3. The van der Waals surface area contributed by atoms with Gasteiger partial charge in [-0.05, 0) is 48.2 Å². The molecule has 0 aliphatic carbocycles. The Kier molecular flexibility index (Phi) is 7.76. The second kappa shape index (κ2) is 10.3. The van der Waals surface area contributed by atoms with Gasteiger partial charge in [-0.1, -0.05) is 26.0 Å². The number of rotatable bonds is 8. The summed E-state index contributed by atoms with van der Waals surface area (Å²) in [4.78, 5) is 12.5. The van der Waals surface area contributed by atoms with E-state index in [0.717, 1.165) is 11.1 Å². The van der Waals surface area contributed by atoms with E-state index < -0.39 is 10.0 Å². The molecule has 2 aromatic carbocycles. The number of nitrogens with zero attached hydrogens (tertiary/aromatic N) is 1. The molecule has 32 heavy (non-hydrogen) atoms. The van der Waals surface area contributed by atoms with Gasteiger partial charge in [-0.3, -0.25) is 4.79 Å². The number of nitrogens with one attached hydrogen (secondary N) is 1. The summed E-state index contributed by atoms with van der Waals surface area (Å²) in [5.41, 5.74) is 2.41. The van der Waals surface area contributed by atoms with Crippen LogP contribution >= 0.6 is 0 Å². The molecule has 1 fully saturated rings. The van der Waals surface area contributed by atoms with Crippen LogP contribution in [0.1, 0.15) is 30.9 Å². The van der Waals surface area contributed by atoms with Crippen LogP contribution in [0.3, 0.4) is 0 Å². The minimum Gasteiger partial charge on any atom is -0.495 e. The molecule has 0 spiro atoms. The second-order valence-electron chi connectivity index (χ2n) is 7.91. The van der Waals surface area contributed by atoms with Gasteiger partial charge in [-0.2, -0.15) is 4.31 Å². The number of sulfonamides is 1. The van der Waals surface area contributed by atoms with Crippen LogP contribution in [0.5, 0.6) is 11.5 Å². The van der Waals surface area contributed by atoms with Gasteiger partial charge in [0.25, 0.3) is 5.91 Å². The van der Waals surface area contributed by atoms with Gasteiger partial charge in [-0.25, -0.2) is 8.42 Å². The zero-order chi connectivity index (χ0) is 23.3. The van der Waals surface area contributed by atoms with Crippen LogP contribution in [-0.4, -0.2) is 58.7 Å². The maximum Gasteiger partial charge on any atom is 0.262 e. The van der Waals surface area contributed by atoms with Crippen molar-refractivity contribution in [1.29, 1.82) is 0 Å². The highest BCUT2D eigenvalue weighted by atomic mass is 32.2. The predicted octanol–water partition coefficient (Wildman–Crippen LogP) is 3.17. The molecule has 8 nitrogen and oxygen atoms in total. The zero-order valence-corrected chi connectivity index (χ0v) is 19.7. The lowest BCUT2D eigenvalue weighted by atomic mass is 10.0. The topological polar surface area (TPSA) is 94.2 Å². The molecule has 0 aromatic heterocycles. The first-order valence-corrected chi connectivity index (χ1v) is 12.0. The quantitative estimate of drug-likeness (QED) is 0.648. The van der Waals surface area contributed by atoms with Gasteiger partial charge >= 0.3 is 0 Å². The van der Waals surface area contributed by atoms with Crippen molar-refractivity contribution in [2.24, 2.45) is 0 Å². The Morgan fingerprint density at radius 1 is 1.12 bits per heavy atom. The Hall–Kier alpha value is -2.62. The van der Waals surface area contributed by atoms with Gasteiger partial charge in [0, 0.05) is 18.8 Å². The van der Waals surface area contributed by atoms with Crippen LogP contribution in [0.25, 0.3) is 0 Å². The Bertz CT molecular complexity index is 1060. The fraction of sp³-hybridized carbons (Fsp3) is 0.435. The number of hydrogen-bond acceptors (Lipinski definition) is 6. The fourth-order valence-corrected chi connectivity index (χ4v) is 5.06. The second-order valence-corrected chi connectivity index (χ2v) is 9.82. The van der Waals surface area contributed by atoms with Crippen molar-refractivity contribution in [3.63, 3.8) is 0 Å². The van der Waals surface area contributed by atoms with Crippen LogP contribution in [0.4, 0.5) is 5.69 Å². The summed E-state index contributed by atoms with van der Waals surface area (Å²) in [6.45, 7) is 7.11. The van der Waals surface area contributed by atoms with E-state index in [1.165, 1.54) is 23.5 Å². The summed E-state index contributed by atoms with van der Waals surface area (Å²) in [6.07, 6.45) is 0. The molecule has 1 N–H and O–H groups in total. The van der Waals surface area contributed by atoms with E-state index in [2.05, 4.69) is 19.2 Å². The predicted molar refractivity (Wildman–Crippen MR) is 122 cm³/mol. The number of morpholine rings is 1. The van der Waals surface area contributed by atoms with Crippen molar-refractivity contribution in [3.8, 4) is 11.5 Å². The number of amides is 1. The molecule has 0 unspecified atom stereocenters. The molecule has 1 heterocycles. The molecule has 3 rings (SSSR count). The molecule has 9 heteroatoms. The summed E-state index contributed by atoms with van der Waals surface area (Å²) in [6, 6.07) is 10.5. The van der Waals surface area contributed by atoms with Gasteiger partial charge in [0.1, 0.15) is 16.4 Å². The molecule has 1 aliphatic heterocycles. The summed E-state index contributed by atoms with van der Waals surface area (Å²) < 4.78 is 43.8. The Balaban J connectivity index is 1.75. The molecule has 174 valence electrons. The molecule has 2 aromatic rings. The first kappa shape index (κ1) is 24.0. The number of aryl methyl sites for hydroxylation is 1. The minimum atomic E-state index is -3.79. The maximum atomic E-state index is 13.1. The van der Waals surface area contributed by atoms with Gasteiger partial charge in [0.05, 0.1) is 20.3 Å². The number of anilines is 1. The third-order valence-corrected chi connectivity index (χ3v) is 7.10. The van der Waals surface area contributed by atoms with Crippen LogP contribution in [0.15, 0.2) is 41.3 Å². The summed E-state index contributed by atoms with van der Waals surface area (Å²) >= 11 is 0. The molecule has 1 aliphatic rings. The van der Waals surface area contributed by atoms with E-state index in [1.807, 2.05) is 25.1 Å². The molecule has 0 radical (unpaired) electrons. The Morgan fingerprint density at radius 3 is 2.50 bits per heavy atom. The van der Waals surface area contributed by atoms with Crippen molar-refractivity contribution in [2.75, 3.05) is 45.3 Å². The Labute approximate surface area is 189 Å². The highest BCUT2D eigenvalue weighted by Gasteiger charge is 2.29. The molecular weight excluding hydrogens is 432 g/mol. The number of hydrogen-bond donors (Lipinski definition) is 1. The minimum absolute atomic E-state index is 0.00129. The van der Waals surface area contributed by atoms with Crippen LogP contribution in [0.2, 0.25) is 0 Å². The summed E-state index contributed by atoms with van der Waals surface area (Å²) in [7, 11) is -2.38. The lowest BCUT2D eigenvalue weighted by Crippen LogP contribution is -2.40. The van der Waals surface area contributed by atoms with Crippen LogP contribution < -0.4 is 14.8 Å². The van der Waals surface area contributed by atoms with Crippen molar-refractivity contribution >= 4 is 21.6 Å². The first-order valence-electron chi connectivity index (χ1n) is 10.5. The normalized spacial score (nSPS) is 14.9. The molecular formula is C23H30N2O6S. The van der Waals surface area contributed by atoms with E-state index in [9.17, 15) is 13.2 Å². The standard InChI is InChI=1S/C23H30N2O6S/c1-16(2)19-7-5-17(3)13-21(19)31-15-23(26)24-18-6-8-20(29-4)22(14-18)32(27,28)25-9-11-30-12-10-25/h5-8,13-14,16H,9-12,15H2,1-4H3,(H,24,26). The molecule has 1 saturated heterocycles. The van der Waals surface area contributed by atoms with E-state index >= 15 is 0 Å². The lowest BCUT2D eigenvalue weighted by Gasteiger charge is -2.26. The fourth-order valence-electron chi connectivity index (χ4n) is 3.47. The lowest BCUT2D eigenvalue weighted by molar-refractivity contribution is -0.118. The summed E-state index contributed by atoms with van der Waals surface area (Å²) in [5, 5.41) is 2.72. The molecule has 0 saturated carbocycles. The molecule has 1 amide bonds. The van der Waals surface area contributed by atoms with E-state index in [0.29, 0.717) is 24.7 Å². The first-order chi connectivity index (χ1) is 15.2. The molecule has 0 atom stereocenters. The monoisotopic (exact) mass is 462 g/mol. The van der Waals surface area contributed by atoms with Crippen molar-refractivity contribution in [1.82, 2.24) is 4.31 Å². The largest absolute Gasteiger partial charge is 0.495 e. The van der Waals surface area contributed by atoms with Crippen LogP contribution in [-0.2, 0) is 19.6 Å². The third kappa shape index (κ3) is 5.59. The van der Waals surface area contributed by atoms with Gasteiger partial charge in [0.15, 0.2) is 6.61 Å². The smallest absolute Gasteiger partial charge is 0.262 e. The highest BCUT2D eigenvalue weighted by Crippen LogP contribution is 2.30. The van der Waals surface area contributed by atoms with Gasteiger partial charge in [-0.15, -0.1) is 0 Å². The number of carbonyl (C=O) groups excluding carboxylic acids is 1. The third-order valence-electron chi connectivity index (χ3n) is 5.19. The Morgan fingerprint density at radius 2 is 1.84 bits per heavy atom. The van der Waals surface area contributed by atoms with E-state index in [1.54, 1.807) is 6.07 Å². The average molecular weight is 463 g/mol. The van der Waals surface area contributed by atoms with E-state index in [4.69, 9.17) is 14.2 Å². The van der Waals surface area contributed by atoms with E-state index in [-0.39, 0.29) is 42.2 Å². The number of methoxy groups -OCH3 is 1. The number of carbonyl (C=O) groups is 1. The van der Waals surface area contributed by atoms with Crippen molar-refractivity contribution < 1.29 is 27.4 Å². The molecule has 0 bridgehead atoms. The average Bonchev–Trinajstić information content (AvgIpc) is 2.78. The van der Waals surface area contributed by atoms with Gasteiger partial charge in [0.2, 0.25) is 10.0 Å². The van der Waals surface area contributed by atoms with Crippen molar-refractivity contribution in [3.05, 3.63) is 47.5 Å². The zero-order valence-electron chi connectivity index (χ0n) is 18.9. The highest BCUT2D eigenvalue weighted by molar-refractivity contribution is 7.89. The summed E-state index contributed by atoms with van der Waals surface area (Å²) in [5.74, 6) is 0.747. The SMILES string of the molecule is COc1ccc(NC(=O)COc2cc(C)ccc2C(C)C)cc1S(=O)(=O)N1CCOCC1. The maximum absolute atomic E-state index is 13.1.